The smallest absolute Gasteiger partial charge is 0.335 e. The minimum Gasteiger partial charge on any atom is -0.335 e. The van der Waals surface area contributed by atoms with Gasteiger partial charge in [-0.2, -0.15) is 0 Å². The van der Waals surface area contributed by atoms with E-state index in [4.69, 9.17) is 0 Å². The number of carbonyl (C=O) groups is 1. The Labute approximate surface area is 164 Å². The molecule has 1 aliphatic carbocycles. The van der Waals surface area contributed by atoms with Gasteiger partial charge in [-0.05, 0) is 25.7 Å². The van der Waals surface area contributed by atoms with Gasteiger partial charge in [-0.25, -0.2) is 18.3 Å². The number of aromatic nitrogens is 3. The molecule has 8 nitrogen and oxygen atoms in total. The Morgan fingerprint density at radius 1 is 1.26 bits per heavy atom. The summed E-state index contributed by atoms with van der Waals surface area (Å²) in [5.41, 5.74) is -0.266. The van der Waals surface area contributed by atoms with Gasteiger partial charge >= 0.3 is 5.69 Å². The lowest BCUT2D eigenvalue weighted by atomic mass is 9.93. The van der Waals surface area contributed by atoms with E-state index in [1.807, 2.05) is 11.8 Å². The third kappa shape index (κ3) is 4.96. The molecule has 3 rings (SSSR count). The first-order valence-corrected chi connectivity index (χ1v) is 12.5. The van der Waals surface area contributed by atoms with Crippen molar-refractivity contribution < 1.29 is 13.2 Å². The summed E-state index contributed by atoms with van der Waals surface area (Å²) in [5.74, 6) is 0.355. The number of sulfone groups is 1. The molecule has 1 amide bonds. The van der Waals surface area contributed by atoms with Crippen molar-refractivity contribution in [2.24, 2.45) is 0 Å². The standard InChI is InChI=1S/C17H28N4O4S2/c1-2-9-20-16(23)18-19-17(20)26-11-15(22)21(13-6-4-3-5-7-13)14-8-10-27(24,25)12-14/h13-14H,2-12H2,1H3,(H,18,23)/t14-/m1/s1. The van der Waals surface area contributed by atoms with Gasteiger partial charge in [0, 0.05) is 18.6 Å². The highest BCUT2D eigenvalue weighted by atomic mass is 32.2. The Morgan fingerprint density at radius 2 is 2.00 bits per heavy atom. The second-order valence-electron chi connectivity index (χ2n) is 7.40. The number of H-pyrrole nitrogens is 1. The highest BCUT2D eigenvalue weighted by molar-refractivity contribution is 7.99. The van der Waals surface area contributed by atoms with Crippen molar-refractivity contribution in [1.29, 1.82) is 0 Å². The Balaban J connectivity index is 1.72. The van der Waals surface area contributed by atoms with Gasteiger partial charge in [0.2, 0.25) is 5.91 Å². The third-order valence-corrected chi connectivity index (χ3v) is 8.06. The molecule has 152 valence electrons. The highest BCUT2D eigenvalue weighted by Crippen LogP contribution is 2.29. The van der Waals surface area contributed by atoms with E-state index in [0.29, 0.717) is 18.1 Å². The van der Waals surface area contributed by atoms with Crippen LogP contribution in [0.2, 0.25) is 0 Å². The molecule has 0 bridgehead atoms. The van der Waals surface area contributed by atoms with Gasteiger partial charge in [0.1, 0.15) is 0 Å². The van der Waals surface area contributed by atoms with Crippen LogP contribution in [0.3, 0.4) is 0 Å². The van der Waals surface area contributed by atoms with Gasteiger partial charge in [0.05, 0.1) is 17.3 Å². The summed E-state index contributed by atoms with van der Waals surface area (Å²) in [5, 5.41) is 6.97. The Hall–Kier alpha value is -1.29. The van der Waals surface area contributed by atoms with Crippen molar-refractivity contribution >= 4 is 27.5 Å². The quantitative estimate of drug-likeness (QED) is 0.674. The summed E-state index contributed by atoms with van der Waals surface area (Å²) in [6.07, 6.45) is 6.54. The lowest BCUT2D eigenvalue weighted by Crippen LogP contribution is -2.49. The van der Waals surface area contributed by atoms with Gasteiger partial charge in [-0.15, -0.1) is 5.10 Å². The first-order chi connectivity index (χ1) is 12.9. The van der Waals surface area contributed by atoms with E-state index in [1.54, 1.807) is 4.57 Å². The number of hydrogen-bond donors (Lipinski definition) is 1. The number of thioether (sulfide) groups is 1. The van der Waals surface area contributed by atoms with Crippen LogP contribution in [0.15, 0.2) is 9.95 Å². The predicted octanol–water partition coefficient (Wildman–Crippen LogP) is 1.42. The van der Waals surface area contributed by atoms with E-state index in [0.717, 1.165) is 32.1 Å². The van der Waals surface area contributed by atoms with E-state index in [-0.39, 0.29) is 40.9 Å². The van der Waals surface area contributed by atoms with Crippen molar-refractivity contribution in [2.75, 3.05) is 17.3 Å². The third-order valence-electron chi connectivity index (χ3n) is 5.35. The first-order valence-electron chi connectivity index (χ1n) is 9.71. The van der Waals surface area contributed by atoms with Crippen LogP contribution in [0.5, 0.6) is 0 Å². The Kier molecular flexibility index (Phi) is 6.67. The Bertz CT molecular complexity index is 811. The molecule has 1 aliphatic heterocycles. The lowest BCUT2D eigenvalue weighted by molar-refractivity contribution is -0.133. The fraction of sp³-hybridized carbons (Fsp3) is 0.824. The van der Waals surface area contributed by atoms with Crippen LogP contribution in [0.4, 0.5) is 0 Å². The molecule has 2 heterocycles. The molecule has 10 heteroatoms. The SMILES string of the molecule is CCCn1c(SCC(=O)N(C2CCCCC2)[C@@H]2CCS(=O)(=O)C2)n[nH]c1=O. The number of rotatable bonds is 7. The molecular weight excluding hydrogens is 388 g/mol. The number of carbonyl (C=O) groups excluding carboxylic acids is 1. The fourth-order valence-corrected chi connectivity index (χ4v) is 6.65. The summed E-state index contributed by atoms with van der Waals surface area (Å²) in [4.78, 5) is 26.7. The molecule has 27 heavy (non-hydrogen) atoms. The van der Waals surface area contributed by atoms with Gasteiger partial charge < -0.3 is 4.90 Å². The average Bonchev–Trinajstić information content (AvgIpc) is 3.17. The maximum Gasteiger partial charge on any atom is 0.343 e. The van der Waals surface area contributed by atoms with Crippen LogP contribution in [-0.4, -0.2) is 63.3 Å². The van der Waals surface area contributed by atoms with Gasteiger partial charge in [0.25, 0.3) is 0 Å². The number of hydrogen-bond acceptors (Lipinski definition) is 6. The van der Waals surface area contributed by atoms with Crippen molar-refractivity contribution in [3.8, 4) is 0 Å². The van der Waals surface area contributed by atoms with Crippen LogP contribution < -0.4 is 5.69 Å². The zero-order valence-electron chi connectivity index (χ0n) is 15.7. The number of nitrogens with zero attached hydrogens (tertiary/aromatic N) is 3. The molecule has 0 unspecified atom stereocenters. The molecule has 0 aromatic carbocycles. The van der Waals surface area contributed by atoms with E-state index < -0.39 is 9.84 Å². The Morgan fingerprint density at radius 3 is 2.63 bits per heavy atom. The van der Waals surface area contributed by atoms with E-state index in [9.17, 15) is 18.0 Å². The summed E-state index contributed by atoms with van der Waals surface area (Å²) in [6.45, 7) is 2.53. The van der Waals surface area contributed by atoms with Gasteiger partial charge in [-0.1, -0.05) is 37.9 Å². The molecule has 1 aromatic rings. The normalized spacial score (nSPS) is 22.8. The van der Waals surface area contributed by atoms with Crippen LogP contribution in [-0.2, 0) is 21.2 Å². The van der Waals surface area contributed by atoms with E-state index >= 15 is 0 Å². The largest absolute Gasteiger partial charge is 0.343 e. The summed E-state index contributed by atoms with van der Waals surface area (Å²) in [7, 11) is -3.05. The summed E-state index contributed by atoms with van der Waals surface area (Å²) in [6, 6.07) is -0.0922. The molecule has 2 aliphatic rings. The molecule has 1 saturated carbocycles. The van der Waals surface area contributed by atoms with E-state index in [2.05, 4.69) is 10.2 Å². The first kappa shape index (κ1) is 20.4. The predicted molar refractivity (Wildman–Crippen MR) is 105 cm³/mol. The molecule has 0 radical (unpaired) electrons. The van der Waals surface area contributed by atoms with Gasteiger partial charge in [0.15, 0.2) is 15.0 Å². The molecule has 1 aromatic heterocycles. The fourth-order valence-electron chi connectivity index (χ4n) is 4.09. The molecule has 1 atom stereocenters. The second-order valence-corrected chi connectivity index (χ2v) is 10.6. The minimum atomic E-state index is -3.05. The van der Waals surface area contributed by atoms with Gasteiger partial charge in [-0.3, -0.25) is 9.36 Å². The molecule has 1 saturated heterocycles. The summed E-state index contributed by atoms with van der Waals surface area (Å²) >= 11 is 1.25. The lowest BCUT2D eigenvalue weighted by Gasteiger charge is -2.38. The molecule has 2 fully saturated rings. The number of amides is 1. The number of nitrogens with one attached hydrogen (secondary N) is 1. The topological polar surface area (TPSA) is 105 Å². The summed E-state index contributed by atoms with van der Waals surface area (Å²) < 4.78 is 25.5. The van der Waals surface area contributed by atoms with E-state index in [1.165, 1.54) is 18.2 Å². The monoisotopic (exact) mass is 416 g/mol. The van der Waals surface area contributed by atoms with Crippen molar-refractivity contribution in [3.05, 3.63) is 10.5 Å². The highest BCUT2D eigenvalue weighted by Gasteiger charge is 2.38. The molecule has 0 spiro atoms. The maximum absolute atomic E-state index is 13.1. The minimum absolute atomic E-state index is 0.0486. The maximum atomic E-state index is 13.1. The van der Waals surface area contributed by atoms with Crippen LogP contribution in [0.25, 0.3) is 0 Å². The molecular formula is C17H28N4O4S2. The average molecular weight is 417 g/mol. The second kappa shape index (κ2) is 8.81. The van der Waals surface area contributed by atoms with Crippen LogP contribution in [0, 0.1) is 0 Å². The van der Waals surface area contributed by atoms with Crippen molar-refractivity contribution in [3.63, 3.8) is 0 Å². The molecule has 1 N–H and O–H groups in total. The number of aromatic amines is 1. The van der Waals surface area contributed by atoms with Crippen molar-refractivity contribution in [1.82, 2.24) is 19.7 Å². The zero-order valence-corrected chi connectivity index (χ0v) is 17.4. The van der Waals surface area contributed by atoms with Crippen LogP contribution in [0.1, 0.15) is 51.9 Å². The zero-order chi connectivity index (χ0) is 19.4. The van der Waals surface area contributed by atoms with Crippen LogP contribution >= 0.6 is 11.8 Å². The van der Waals surface area contributed by atoms with Crippen molar-refractivity contribution in [2.45, 2.75) is 75.7 Å².